The van der Waals surface area contributed by atoms with Gasteiger partial charge in [-0.05, 0) is 49.6 Å². The van der Waals surface area contributed by atoms with Crippen molar-refractivity contribution in [3.8, 4) is 0 Å². The van der Waals surface area contributed by atoms with Crippen molar-refractivity contribution in [2.45, 2.75) is 51.0 Å². The third-order valence-electron chi connectivity index (χ3n) is 4.51. The number of fused-ring (bicyclic) bond motifs is 3. The lowest BCUT2D eigenvalue weighted by Crippen LogP contribution is -2.51. The zero-order valence-electron chi connectivity index (χ0n) is 14.1. The minimum atomic E-state index is 0.867. The van der Waals surface area contributed by atoms with E-state index in [1.54, 1.807) is 0 Å². The van der Waals surface area contributed by atoms with E-state index in [9.17, 15) is 0 Å². The third kappa shape index (κ3) is 2.83. The molecule has 2 atom stereocenters. The second-order valence-corrected chi connectivity index (χ2v) is 7.60. The molecule has 3 aliphatic rings. The second-order valence-electron chi connectivity index (χ2n) is 6.00. The molecule has 1 aromatic carbocycles. The molecule has 1 aromatic heterocycles. The lowest BCUT2D eigenvalue weighted by atomic mass is 10.0. The predicted molar refractivity (Wildman–Crippen MR) is 99.2 cm³/mol. The molecule has 2 nitrogen and oxygen atoms in total. The highest BCUT2D eigenvalue weighted by molar-refractivity contribution is 8.02. The molecule has 4 heterocycles. The summed E-state index contributed by atoms with van der Waals surface area (Å²) in [6.45, 7) is 10.7. The molecule has 0 amide bonds. The number of nitrogens with zero attached hydrogens (tertiary/aromatic N) is 2. The molecular formula is C19H26N2S. The van der Waals surface area contributed by atoms with Crippen molar-refractivity contribution in [2.24, 2.45) is 0 Å². The van der Waals surface area contributed by atoms with Crippen LogP contribution in [0.3, 0.4) is 0 Å². The molecule has 22 heavy (non-hydrogen) atoms. The maximum absolute atomic E-state index is 4.67. The molecule has 2 bridgehead atoms. The van der Waals surface area contributed by atoms with E-state index in [4.69, 9.17) is 0 Å². The second kappa shape index (κ2) is 6.49. The van der Waals surface area contributed by atoms with Crippen molar-refractivity contribution >= 4 is 28.4 Å². The summed E-state index contributed by atoms with van der Waals surface area (Å²) < 4.78 is 0. The van der Waals surface area contributed by atoms with Crippen LogP contribution in [0.25, 0.3) is 10.9 Å². The molecule has 3 fully saturated rings. The average Bonchev–Trinajstić information content (AvgIpc) is 2.55. The van der Waals surface area contributed by atoms with Gasteiger partial charge in [0.2, 0.25) is 0 Å². The zero-order chi connectivity index (χ0) is 15.7. The highest BCUT2D eigenvalue weighted by atomic mass is 32.2. The van der Waals surface area contributed by atoms with Gasteiger partial charge in [-0.15, -0.1) is 0 Å². The van der Waals surface area contributed by atoms with Crippen LogP contribution in [0.2, 0.25) is 0 Å². The molecule has 0 radical (unpaired) electrons. The molecule has 2 aromatic rings. The van der Waals surface area contributed by atoms with Crippen LogP contribution in [0.1, 0.15) is 38.4 Å². The van der Waals surface area contributed by atoms with E-state index in [1.165, 1.54) is 36.1 Å². The predicted octanol–water partition coefficient (Wildman–Crippen LogP) is 4.83. The first-order chi connectivity index (χ1) is 10.7. The SMILES string of the molecule is CC.CCc1cc(C)nc2ccc(N3CC4CC(C3)S4)cc12. The smallest absolute Gasteiger partial charge is 0.0709 e. The number of hydrogen-bond acceptors (Lipinski definition) is 3. The number of anilines is 1. The van der Waals surface area contributed by atoms with E-state index in [0.29, 0.717) is 0 Å². The van der Waals surface area contributed by atoms with Gasteiger partial charge in [-0.2, -0.15) is 11.8 Å². The quantitative estimate of drug-likeness (QED) is 0.790. The Balaban J connectivity index is 0.000000693. The third-order valence-corrected chi connectivity index (χ3v) is 5.96. The van der Waals surface area contributed by atoms with Crippen LogP contribution in [0.15, 0.2) is 24.3 Å². The summed E-state index contributed by atoms with van der Waals surface area (Å²) >= 11 is 2.17. The summed E-state index contributed by atoms with van der Waals surface area (Å²) in [5.41, 5.74) is 5.07. The van der Waals surface area contributed by atoms with Gasteiger partial charge in [0.25, 0.3) is 0 Å². The largest absolute Gasteiger partial charge is 0.369 e. The van der Waals surface area contributed by atoms with E-state index in [2.05, 4.69) is 59.8 Å². The molecule has 2 unspecified atom stereocenters. The minimum absolute atomic E-state index is 0.867. The number of aryl methyl sites for hydroxylation is 2. The maximum atomic E-state index is 4.67. The highest BCUT2D eigenvalue weighted by Gasteiger charge is 2.37. The van der Waals surface area contributed by atoms with E-state index < -0.39 is 0 Å². The molecule has 0 N–H and O–H groups in total. The van der Waals surface area contributed by atoms with Gasteiger partial charge >= 0.3 is 0 Å². The van der Waals surface area contributed by atoms with Crippen LogP contribution in [-0.4, -0.2) is 28.6 Å². The lowest BCUT2D eigenvalue weighted by Gasteiger charge is -2.47. The molecule has 3 aliphatic heterocycles. The van der Waals surface area contributed by atoms with Crippen LogP contribution >= 0.6 is 11.8 Å². The standard InChI is InChI=1S/C17H20N2S.C2H6/c1-3-12-6-11(2)18-17-5-4-13(7-16(12)17)19-9-14-8-15(10-19)20-14;1-2/h4-7,14-15H,3,8-10H2,1-2H3;1-2H3. The normalized spacial score (nSPS) is 22.8. The Morgan fingerprint density at radius 2 is 1.86 bits per heavy atom. The summed E-state index contributed by atoms with van der Waals surface area (Å²) in [6.07, 6.45) is 2.50. The van der Waals surface area contributed by atoms with Crippen molar-refractivity contribution < 1.29 is 0 Å². The zero-order valence-corrected chi connectivity index (χ0v) is 14.9. The van der Waals surface area contributed by atoms with E-state index in [-0.39, 0.29) is 0 Å². The van der Waals surface area contributed by atoms with Gasteiger partial charge in [0, 0.05) is 40.4 Å². The fraction of sp³-hybridized carbons (Fsp3) is 0.526. The fourth-order valence-electron chi connectivity index (χ4n) is 3.49. The van der Waals surface area contributed by atoms with E-state index in [0.717, 1.165) is 28.1 Å². The van der Waals surface area contributed by atoms with Gasteiger partial charge in [0.1, 0.15) is 0 Å². The number of benzene rings is 1. The average molecular weight is 314 g/mol. The van der Waals surface area contributed by atoms with Crippen molar-refractivity contribution in [2.75, 3.05) is 18.0 Å². The van der Waals surface area contributed by atoms with Crippen LogP contribution in [0.4, 0.5) is 5.69 Å². The van der Waals surface area contributed by atoms with Gasteiger partial charge in [-0.25, -0.2) is 0 Å². The Kier molecular flexibility index (Phi) is 4.62. The first-order valence-electron chi connectivity index (χ1n) is 8.53. The van der Waals surface area contributed by atoms with Gasteiger partial charge in [-0.3, -0.25) is 4.98 Å². The van der Waals surface area contributed by atoms with E-state index in [1.807, 2.05) is 13.8 Å². The maximum Gasteiger partial charge on any atom is 0.0709 e. The Bertz CT molecular complexity index is 652. The van der Waals surface area contributed by atoms with Crippen LogP contribution in [0.5, 0.6) is 0 Å². The molecular weight excluding hydrogens is 288 g/mol. The summed E-state index contributed by atoms with van der Waals surface area (Å²) in [6, 6.07) is 9.04. The summed E-state index contributed by atoms with van der Waals surface area (Å²) in [7, 11) is 0. The van der Waals surface area contributed by atoms with Crippen molar-refractivity contribution in [3.63, 3.8) is 0 Å². The Morgan fingerprint density at radius 1 is 1.18 bits per heavy atom. The molecule has 3 saturated heterocycles. The number of pyridine rings is 1. The van der Waals surface area contributed by atoms with Gasteiger partial charge in [0.05, 0.1) is 5.52 Å². The Morgan fingerprint density at radius 3 is 2.50 bits per heavy atom. The van der Waals surface area contributed by atoms with E-state index >= 15 is 0 Å². The van der Waals surface area contributed by atoms with Crippen molar-refractivity contribution in [1.29, 1.82) is 0 Å². The first-order valence-corrected chi connectivity index (χ1v) is 9.48. The molecule has 0 spiro atoms. The molecule has 118 valence electrons. The Labute approximate surface area is 138 Å². The number of aromatic nitrogens is 1. The molecule has 5 rings (SSSR count). The number of hydrogen-bond donors (Lipinski definition) is 0. The fourth-order valence-corrected chi connectivity index (χ4v) is 4.89. The van der Waals surface area contributed by atoms with Gasteiger partial charge in [0.15, 0.2) is 0 Å². The topological polar surface area (TPSA) is 16.1 Å². The number of piperidine rings is 1. The van der Waals surface area contributed by atoms with Crippen LogP contribution < -0.4 is 4.90 Å². The van der Waals surface area contributed by atoms with Crippen LogP contribution in [-0.2, 0) is 6.42 Å². The minimum Gasteiger partial charge on any atom is -0.369 e. The summed E-state index contributed by atoms with van der Waals surface area (Å²) in [4.78, 5) is 7.24. The van der Waals surface area contributed by atoms with Crippen molar-refractivity contribution in [3.05, 3.63) is 35.5 Å². The molecule has 0 saturated carbocycles. The van der Waals surface area contributed by atoms with Crippen molar-refractivity contribution in [1.82, 2.24) is 4.98 Å². The number of thioether (sulfide) groups is 1. The summed E-state index contributed by atoms with van der Waals surface area (Å²) in [5.74, 6) is 0. The lowest BCUT2D eigenvalue weighted by molar-refractivity contribution is 0.558. The van der Waals surface area contributed by atoms with Gasteiger partial charge < -0.3 is 4.90 Å². The van der Waals surface area contributed by atoms with Crippen LogP contribution in [0, 0.1) is 6.92 Å². The van der Waals surface area contributed by atoms with Gasteiger partial charge in [-0.1, -0.05) is 20.8 Å². The monoisotopic (exact) mass is 314 g/mol. The number of rotatable bonds is 2. The Hall–Kier alpha value is -1.22. The first kappa shape index (κ1) is 15.7. The highest BCUT2D eigenvalue weighted by Crippen LogP contribution is 2.43. The molecule has 3 heteroatoms. The summed E-state index contributed by atoms with van der Waals surface area (Å²) in [5, 5.41) is 3.07. The molecule has 0 aliphatic carbocycles.